The smallest absolute Gasteiger partial charge is 0.175 e. The summed E-state index contributed by atoms with van der Waals surface area (Å²) in [6.45, 7) is 0.442. The van der Waals surface area contributed by atoms with Gasteiger partial charge in [-0.15, -0.1) is 0 Å². The van der Waals surface area contributed by atoms with Crippen molar-refractivity contribution in [1.29, 1.82) is 0 Å². The van der Waals surface area contributed by atoms with Crippen molar-refractivity contribution in [3.8, 4) is 0 Å². The molecule has 2 heterocycles. The Morgan fingerprint density at radius 2 is 2.10 bits per heavy atom. The Hall–Kier alpha value is -1.01. The third-order valence-electron chi connectivity index (χ3n) is 3.26. The van der Waals surface area contributed by atoms with Gasteiger partial charge in [0, 0.05) is 10.6 Å². The van der Waals surface area contributed by atoms with E-state index in [1.807, 2.05) is 24.3 Å². The van der Waals surface area contributed by atoms with E-state index < -0.39 is 5.72 Å². The fraction of sp³-hybridized carbons (Fsp3) is 0.214. The van der Waals surface area contributed by atoms with Crippen molar-refractivity contribution in [2.45, 2.75) is 12.3 Å². The van der Waals surface area contributed by atoms with Crippen LogP contribution in [-0.2, 0) is 12.3 Å². The van der Waals surface area contributed by atoms with Crippen LogP contribution in [-0.4, -0.2) is 20.1 Å². The predicted octanol–water partition coefficient (Wildman–Crippen LogP) is 3.61. The van der Waals surface area contributed by atoms with Crippen LogP contribution in [0.2, 0.25) is 5.02 Å². The molecule has 0 amide bonds. The largest absolute Gasteiger partial charge is 0.467 e. The van der Waals surface area contributed by atoms with E-state index in [-0.39, 0.29) is 0 Å². The Labute approximate surface area is 131 Å². The van der Waals surface area contributed by atoms with Gasteiger partial charge in [0.1, 0.15) is 10.1 Å². The van der Waals surface area contributed by atoms with Crippen LogP contribution >= 0.6 is 35.6 Å². The van der Waals surface area contributed by atoms with Gasteiger partial charge in [-0.1, -0.05) is 47.7 Å². The average molecular weight is 326 g/mol. The molecule has 0 bridgehead atoms. The Balaban J connectivity index is 1.93. The van der Waals surface area contributed by atoms with E-state index in [9.17, 15) is 5.11 Å². The second kappa shape index (κ2) is 5.41. The molecule has 1 unspecified atom stereocenters. The van der Waals surface area contributed by atoms with Gasteiger partial charge in [-0.3, -0.25) is 0 Å². The van der Waals surface area contributed by atoms with Gasteiger partial charge in [-0.2, -0.15) is 0 Å². The minimum absolute atomic E-state index is 0.442. The SMILES string of the molecule is OC1(c2ccc(Cl)cc2)CSC(=S)N1Cc1ccco1. The molecule has 1 fully saturated rings. The highest BCUT2D eigenvalue weighted by Gasteiger charge is 2.44. The standard InChI is InChI=1S/C14H12ClNO2S2/c15-11-5-3-10(4-6-11)14(17)9-20-13(19)16(14)8-12-2-1-7-18-12/h1-7,17H,8-9H2. The van der Waals surface area contributed by atoms with Crippen LogP contribution in [0.5, 0.6) is 0 Å². The van der Waals surface area contributed by atoms with Crippen molar-refractivity contribution in [2.24, 2.45) is 0 Å². The normalized spacial score (nSPS) is 22.5. The van der Waals surface area contributed by atoms with Crippen molar-refractivity contribution in [1.82, 2.24) is 4.90 Å². The number of furan rings is 1. The highest BCUT2D eigenvalue weighted by Crippen LogP contribution is 2.40. The molecule has 20 heavy (non-hydrogen) atoms. The zero-order valence-electron chi connectivity index (χ0n) is 10.5. The number of nitrogens with zero attached hydrogens (tertiary/aromatic N) is 1. The Morgan fingerprint density at radius 3 is 2.75 bits per heavy atom. The quantitative estimate of drug-likeness (QED) is 0.872. The lowest BCUT2D eigenvalue weighted by Gasteiger charge is -2.33. The molecule has 0 spiro atoms. The first-order valence-corrected chi connectivity index (χ1v) is 7.82. The van der Waals surface area contributed by atoms with E-state index in [2.05, 4.69) is 0 Å². The maximum Gasteiger partial charge on any atom is 0.175 e. The molecular weight excluding hydrogens is 314 g/mol. The summed E-state index contributed by atoms with van der Waals surface area (Å²) in [6.07, 6.45) is 1.61. The zero-order valence-corrected chi connectivity index (χ0v) is 12.8. The fourth-order valence-corrected chi connectivity index (χ4v) is 3.72. The average Bonchev–Trinajstić information content (AvgIpc) is 3.04. The van der Waals surface area contributed by atoms with Gasteiger partial charge < -0.3 is 14.4 Å². The van der Waals surface area contributed by atoms with Crippen molar-refractivity contribution in [3.05, 3.63) is 59.0 Å². The van der Waals surface area contributed by atoms with Crippen LogP contribution in [0.3, 0.4) is 0 Å². The van der Waals surface area contributed by atoms with Crippen molar-refractivity contribution >= 4 is 39.9 Å². The summed E-state index contributed by atoms with van der Waals surface area (Å²) in [5.74, 6) is 1.26. The van der Waals surface area contributed by atoms with Gasteiger partial charge in [0.15, 0.2) is 5.72 Å². The lowest BCUT2D eigenvalue weighted by atomic mass is 10.0. The van der Waals surface area contributed by atoms with E-state index in [1.165, 1.54) is 11.8 Å². The summed E-state index contributed by atoms with van der Waals surface area (Å²) in [6, 6.07) is 10.9. The minimum atomic E-state index is -1.13. The van der Waals surface area contributed by atoms with Crippen molar-refractivity contribution in [3.63, 3.8) is 0 Å². The van der Waals surface area contributed by atoms with Crippen LogP contribution in [0.15, 0.2) is 47.1 Å². The second-order valence-corrected chi connectivity index (χ2v) is 6.59. The Morgan fingerprint density at radius 1 is 1.35 bits per heavy atom. The summed E-state index contributed by atoms with van der Waals surface area (Å²) in [5, 5.41) is 11.7. The monoisotopic (exact) mass is 325 g/mol. The molecule has 0 radical (unpaired) electrons. The lowest BCUT2D eigenvalue weighted by Crippen LogP contribution is -2.43. The number of benzene rings is 1. The zero-order chi connectivity index (χ0) is 14.2. The molecule has 1 saturated heterocycles. The first-order chi connectivity index (χ1) is 9.59. The summed E-state index contributed by atoms with van der Waals surface area (Å²) < 4.78 is 6.01. The summed E-state index contributed by atoms with van der Waals surface area (Å²) in [7, 11) is 0. The van der Waals surface area contributed by atoms with Crippen LogP contribution in [0.25, 0.3) is 0 Å². The highest BCUT2D eigenvalue weighted by atomic mass is 35.5. The molecule has 1 aromatic heterocycles. The number of thioether (sulfide) groups is 1. The van der Waals surface area contributed by atoms with Crippen LogP contribution < -0.4 is 0 Å². The molecule has 1 aliphatic rings. The van der Waals surface area contributed by atoms with E-state index in [1.54, 1.807) is 23.3 Å². The minimum Gasteiger partial charge on any atom is -0.467 e. The number of hydrogen-bond donors (Lipinski definition) is 1. The summed E-state index contributed by atoms with van der Waals surface area (Å²) >= 11 is 12.7. The molecule has 2 aromatic rings. The lowest BCUT2D eigenvalue weighted by molar-refractivity contribution is -0.0532. The van der Waals surface area contributed by atoms with E-state index >= 15 is 0 Å². The molecule has 0 saturated carbocycles. The van der Waals surface area contributed by atoms with Crippen molar-refractivity contribution in [2.75, 3.05) is 5.75 Å². The number of thiocarbonyl (C=S) groups is 1. The third kappa shape index (κ3) is 2.46. The van der Waals surface area contributed by atoms with E-state index in [0.29, 0.717) is 21.6 Å². The van der Waals surface area contributed by atoms with E-state index in [0.717, 1.165) is 11.3 Å². The second-order valence-electron chi connectivity index (χ2n) is 4.54. The Bertz CT molecular complexity index is 615. The van der Waals surface area contributed by atoms with Gasteiger partial charge in [-0.05, 0) is 24.3 Å². The molecule has 0 aliphatic carbocycles. The van der Waals surface area contributed by atoms with Gasteiger partial charge in [0.2, 0.25) is 0 Å². The molecule has 104 valence electrons. The first-order valence-electron chi connectivity index (χ1n) is 6.05. The number of hydrogen-bond acceptors (Lipinski definition) is 4. The fourth-order valence-electron chi connectivity index (χ4n) is 2.18. The summed E-state index contributed by atoms with van der Waals surface area (Å²) in [5.41, 5.74) is -0.347. The van der Waals surface area contributed by atoms with Crippen molar-refractivity contribution < 1.29 is 9.52 Å². The summed E-state index contributed by atoms with van der Waals surface area (Å²) in [4.78, 5) is 1.79. The number of rotatable bonds is 3. The van der Waals surface area contributed by atoms with Crippen LogP contribution in [0.1, 0.15) is 11.3 Å². The molecule has 1 atom stereocenters. The van der Waals surface area contributed by atoms with Gasteiger partial charge in [0.25, 0.3) is 0 Å². The van der Waals surface area contributed by atoms with Crippen LogP contribution in [0, 0.1) is 0 Å². The van der Waals surface area contributed by atoms with Crippen LogP contribution in [0.4, 0.5) is 0 Å². The molecule has 3 rings (SSSR count). The maximum absolute atomic E-state index is 11.0. The molecule has 6 heteroatoms. The molecular formula is C14H12ClNO2S2. The number of halogens is 1. The molecule has 1 N–H and O–H groups in total. The maximum atomic E-state index is 11.0. The topological polar surface area (TPSA) is 36.6 Å². The van der Waals surface area contributed by atoms with Gasteiger partial charge in [0.05, 0.1) is 18.6 Å². The third-order valence-corrected chi connectivity index (χ3v) is 5.10. The molecule has 3 nitrogen and oxygen atoms in total. The Kier molecular flexibility index (Phi) is 3.77. The first kappa shape index (κ1) is 13.9. The van der Waals surface area contributed by atoms with Gasteiger partial charge in [-0.25, -0.2) is 0 Å². The predicted molar refractivity (Wildman–Crippen MR) is 84.7 cm³/mol. The molecule has 1 aromatic carbocycles. The number of aliphatic hydroxyl groups is 1. The van der Waals surface area contributed by atoms with Gasteiger partial charge >= 0.3 is 0 Å². The molecule has 1 aliphatic heterocycles. The van der Waals surface area contributed by atoms with E-state index in [4.69, 9.17) is 28.2 Å². The highest BCUT2D eigenvalue weighted by molar-refractivity contribution is 8.23.